The Morgan fingerprint density at radius 2 is 1.86 bits per heavy atom. The van der Waals surface area contributed by atoms with E-state index in [-0.39, 0.29) is 23.5 Å². The van der Waals surface area contributed by atoms with Gasteiger partial charge in [-0.15, -0.1) is 0 Å². The maximum absolute atomic E-state index is 13.4. The number of nitrogens with zero attached hydrogens (tertiary/aromatic N) is 1. The van der Waals surface area contributed by atoms with Crippen LogP contribution in [0.5, 0.6) is 0 Å². The molecule has 0 aliphatic carbocycles. The summed E-state index contributed by atoms with van der Waals surface area (Å²) in [6.45, 7) is 3.22. The third-order valence-electron chi connectivity index (χ3n) is 5.66. The normalized spacial score (nSPS) is 22.2. The first-order chi connectivity index (χ1) is 13.9. The molecule has 2 aliphatic heterocycles. The number of rotatable bonds is 5. The van der Waals surface area contributed by atoms with Gasteiger partial charge < -0.3 is 10.1 Å². The summed E-state index contributed by atoms with van der Waals surface area (Å²) < 4.78 is 33.7. The van der Waals surface area contributed by atoms with Crippen LogP contribution in [0, 0.1) is 6.92 Å². The van der Waals surface area contributed by atoms with Gasteiger partial charge in [-0.3, -0.25) is 4.79 Å². The van der Waals surface area contributed by atoms with Crippen LogP contribution in [0.4, 0.5) is 0 Å². The van der Waals surface area contributed by atoms with Crippen LogP contribution in [0.25, 0.3) is 0 Å². The number of hydrogen-bond donors (Lipinski definition) is 1. The van der Waals surface area contributed by atoms with Crippen LogP contribution in [0.1, 0.15) is 29.5 Å². The first-order valence-electron chi connectivity index (χ1n) is 10.00. The zero-order chi connectivity index (χ0) is 20.4. The molecule has 0 aromatic heterocycles. The number of benzene rings is 2. The number of hydrogen-bond acceptors (Lipinski definition) is 4. The highest BCUT2D eigenvalue weighted by Gasteiger charge is 2.39. The molecule has 2 aromatic rings. The fourth-order valence-electron chi connectivity index (χ4n) is 3.96. The number of amides is 1. The van der Waals surface area contributed by atoms with E-state index in [2.05, 4.69) is 5.32 Å². The fourth-order valence-corrected chi connectivity index (χ4v) is 5.52. The molecule has 6 nitrogen and oxygen atoms in total. The molecule has 1 amide bonds. The molecule has 0 saturated carbocycles. The van der Waals surface area contributed by atoms with Crippen LogP contribution < -0.4 is 5.32 Å². The molecule has 1 saturated heterocycles. The summed E-state index contributed by atoms with van der Waals surface area (Å²) >= 11 is 0. The monoisotopic (exact) mass is 414 g/mol. The predicted octanol–water partition coefficient (Wildman–Crippen LogP) is 2.41. The van der Waals surface area contributed by atoms with Crippen molar-refractivity contribution in [2.75, 3.05) is 13.2 Å². The average Bonchev–Trinajstić information content (AvgIpc) is 3.25. The topological polar surface area (TPSA) is 75.7 Å². The summed E-state index contributed by atoms with van der Waals surface area (Å²) in [6, 6.07) is 13.7. The zero-order valence-corrected chi connectivity index (χ0v) is 17.3. The lowest BCUT2D eigenvalue weighted by Crippen LogP contribution is -2.53. The third-order valence-corrected chi connectivity index (χ3v) is 7.53. The van der Waals surface area contributed by atoms with Gasteiger partial charge in [0.05, 0.1) is 11.0 Å². The van der Waals surface area contributed by atoms with Crippen LogP contribution >= 0.6 is 0 Å². The Kier molecular flexibility index (Phi) is 5.72. The number of sulfonamides is 1. The van der Waals surface area contributed by atoms with Gasteiger partial charge in [-0.05, 0) is 49.4 Å². The van der Waals surface area contributed by atoms with Crippen molar-refractivity contribution in [2.45, 2.75) is 49.8 Å². The molecule has 0 bridgehead atoms. The molecule has 154 valence electrons. The maximum atomic E-state index is 13.4. The highest BCUT2D eigenvalue weighted by molar-refractivity contribution is 7.89. The van der Waals surface area contributed by atoms with E-state index in [9.17, 15) is 13.2 Å². The molecule has 29 heavy (non-hydrogen) atoms. The van der Waals surface area contributed by atoms with E-state index < -0.39 is 16.1 Å². The lowest BCUT2D eigenvalue weighted by molar-refractivity contribution is -0.125. The SMILES string of the molecule is Cc1ccc(S(=O)(=O)N2Cc3ccccc3C[C@@H]2C(=O)NC[C@@H]2CCCO2)cc1. The average molecular weight is 415 g/mol. The Morgan fingerprint density at radius 3 is 2.55 bits per heavy atom. The Labute approximate surface area is 171 Å². The lowest BCUT2D eigenvalue weighted by atomic mass is 9.95. The molecule has 2 atom stereocenters. The Hall–Kier alpha value is -2.22. The van der Waals surface area contributed by atoms with Gasteiger partial charge in [0.25, 0.3) is 0 Å². The minimum atomic E-state index is -3.81. The summed E-state index contributed by atoms with van der Waals surface area (Å²) in [7, 11) is -3.81. The van der Waals surface area contributed by atoms with E-state index in [1.807, 2.05) is 31.2 Å². The molecule has 2 heterocycles. The van der Waals surface area contributed by atoms with Crippen molar-refractivity contribution in [3.63, 3.8) is 0 Å². The van der Waals surface area contributed by atoms with Crippen LogP contribution in [0.15, 0.2) is 53.4 Å². The largest absolute Gasteiger partial charge is 0.376 e. The Morgan fingerprint density at radius 1 is 1.14 bits per heavy atom. The smallest absolute Gasteiger partial charge is 0.244 e. The molecule has 0 radical (unpaired) electrons. The molecule has 1 fully saturated rings. The quantitative estimate of drug-likeness (QED) is 0.815. The summed E-state index contributed by atoms with van der Waals surface area (Å²) in [5.74, 6) is -0.273. The highest BCUT2D eigenvalue weighted by atomic mass is 32.2. The van der Waals surface area contributed by atoms with Crippen LogP contribution in [0.2, 0.25) is 0 Å². The summed E-state index contributed by atoms with van der Waals surface area (Å²) in [4.78, 5) is 13.2. The third kappa shape index (κ3) is 4.22. The van der Waals surface area contributed by atoms with Gasteiger partial charge in [-0.25, -0.2) is 8.42 Å². The first kappa shape index (κ1) is 20.1. The van der Waals surface area contributed by atoms with Crippen molar-refractivity contribution in [1.29, 1.82) is 0 Å². The predicted molar refractivity (Wildman–Crippen MR) is 110 cm³/mol. The van der Waals surface area contributed by atoms with E-state index in [1.54, 1.807) is 24.3 Å². The molecule has 0 unspecified atom stereocenters. The minimum Gasteiger partial charge on any atom is -0.376 e. The second kappa shape index (κ2) is 8.26. The van der Waals surface area contributed by atoms with Crippen molar-refractivity contribution in [2.24, 2.45) is 0 Å². The molecule has 2 aromatic carbocycles. The minimum absolute atomic E-state index is 0.0111. The van der Waals surface area contributed by atoms with Crippen molar-refractivity contribution in [1.82, 2.24) is 9.62 Å². The van der Waals surface area contributed by atoms with Gasteiger partial charge in [-0.1, -0.05) is 42.0 Å². The number of fused-ring (bicyclic) bond motifs is 1. The summed E-state index contributed by atoms with van der Waals surface area (Å²) in [5, 5.41) is 2.92. The van der Waals surface area contributed by atoms with Crippen LogP contribution in [0.3, 0.4) is 0 Å². The van der Waals surface area contributed by atoms with Crippen molar-refractivity contribution in [3.8, 4) is 0 Å². The molecule has 1 N–H and O–H groups in total. The maximum Gasteiger partial charge on any atom is 0.244 e. The van der Waals surface area contributed by atoms with Crippen molar-refractivity contribution < 1.29 is 17.9 Å². The van der Waals surface area contributed by atoms with Gasteiger partial charge >= 0.3 is 0 Å². The second-order valence-electron chi connectivity index (χ2n) is 7.73. The number of aryl methyl sites for hydroxylation is 1. The van der Waals surface area contributed by atoms with Crippen molar-refractivity contribution in [3.05, 3.63) is 65.2 Å². The van der Waals surface area contributed by atoms with Gasteiger partial charge in [0.15, 0.2) is 0 Å². The summed E-state index contributed by atoms with van der Waals surface area (Å²) in [5.41, 5.74) is 2.94. The van der Waals surface area contributed by atoms with Crippen LogP contribution in [-0.2, 0) is 32.5 Å². The second-order valence-corrected chi connectivity index (χ2v) is 9.62. The highest BCUT2D eigenvalue weighted by Crippen LogP contribution is 2.29. The van der Waals surface area contributed by atoms with E-state index >= 15 is 0 Å². The first-order valence-corrected chi connectivity index (χ1v) is 11.4. The van der Waals surface area contributed by atoms with Crippen LogP contribution in [-0.4, -0.2) is 43.9 Å². The molecule has 4 rings (SSSR count). The van der Waals surface area contributed by atoms with Crippen molar-refractivity contribution >= 4 is 15.9 Å². The van der Waals surface area contributed by atoms with E-state index in [4.69, 9.17) is 4.74 Å². The molecule has 0 spiro atoms. The zero-order valence-electron chi connectivity index (χ0n) is 16.5. The van der Waals surface area contributed by atoms with Gasteiger partial charge in [0.2, 0.25) is 15.9 Å². The fraction of sp³-hybridized carbons (Fsp3) is 0.409. The van der Waals surface area contributed by atoms with Gasteiger partial charge in [0.1, 0.15) is 6.04 Å². The number of carbonyl (C=O) groups excluding carboxylic acids is 1. The van der Waals surface area contributed by atoms with Gasteiger partial charge in [0, 0.05) is 19.7 Å². The summed E-state index contributed by atoms with van der Waals surface area (Å²) in [6.07, 6.45) is 2.28. The number of carbonyl (C=O) groups is 1. The molecule has 2 aliphatic rings. The standard InChI is InChI=1S/C22H26N2O4S/c1-16-8-10-20(11-9-16)29(26,27)24-15-18-6-3-2-5-17(18)13-21(24)22(25)23-14-19-7-4-12-28-19/h2-3,5-6,8-11,19,21H,4,7,12-15H2,1H3,(H,23,25)/t19-,21+/m0/s1. The Balaban J connectivity index is 1.62. The molecule has 7 heteroatoms. The lowest BCUT2D eigenvalue weighted by Gasteiger charge is -2.35. The number of ether oxygens (including phenoxy) is 1. The number of nitrogens with one attached hydrogen (secondary N) is 1. The Bertz CT molecular complexity index is 982. The molecular formula is C22H26N2O4S. The van der Waals surface area contributed by atoms with E-state index in [0.717, 1.165) is 29.5 Å². The van der Waals surface area contributed by atoms with E-state index in [1.165, 1.54) is 4.31 Å². The van der Waals surface area contributed by atoms with E-state index in [0.29, 0.717) is 19.6 Å². The van der Waals surface area contributed by atoms with Gasteiger partial charge in [-0.2, -0.15) is 4.31 Å². The molecular weight excluding hydrogens is 388 g/mol.